The molecule has 1 aliphatic rings. The van der Waals surface area contributed by atoms with Crippen molar-refractivity contribution >= 4 is 34.3 Å². The lowest BCUT2D eigenvalue weighted by Crippen LogP contribution is -2.49. The highest BCUT2D eigenvalue weighted by molar-refractivity contribution is 6.10. The summed E-state index contributed by atoms with van der Waals surface area (Å²) in [5.41, 5.74) is 10.1. The molecular formula is C29H35N7O3. The number of anilines is 3. The summed E-state index contributed by atoms with van der Waals surface area (Å²) in [5, 5.41) is 3.48. The lowest BCUT2D eigenvalue weighted by atomic mass is 9.99. The van der Waals surface area contributed by atoms with Gasteiger partial charge in [-0.25, -0.2) is 15.0 Å². The summed E-state index contributed by atoms with van der Waals surface area (Å²) in [6, 6.07) is 12.8. The molecule has 0 bridgehead atoms. The van der Waals surface area contributed by atoms with Gasteiger partial charge in [0.25, 0.3) is 5.91 Å². The van der Waals surface area contributed by atoms with E-state index in [-0.39, 0.29) is 24.1 Å². The second-order valence-electron chi connectivity index (χ2n) is 9.87. The van der Waals surface area contributed by atoms with Crippen molar-refractivity contribution in [1.82, 2.24) is 19.9 Å². The monoisotopic (exact) mass is 529 g/mol. The van der Waals surface area contributed by atoms with Crippen molar-refractivity contribution in [2.24, 2.45) is 0 Å². The number of nitrogens with one attached hydrogen (secondary N) is 2. The molecule has 2 unspecified atom stereocenters. The molecule has 2 aromatic heterocycles. The Morgan fingerprint density at radius 1 is 1.21 bits per heavy atom. The third kappa shape index (κ3) is 5.65. The topological polar surface area (TPSA) is 131 Å². The van der Waals surface area contributed by atoms with Gasteiger partial charge in [0.15, 0.2) is 11.5 Å². The normalized spacial score (nSPS) is 15.6. The van der Waals surface area contributed by atoms with Gasteiger partial charge in [-0.1, -0.05) is 25.1 Å². The van der Waals surface area contributed by atoms with Gasteiger partial charge < -0.3 is 30.4 Å². The molecule has 1 aliphatic heterocycles. The molecular weight excluding hydrogens is 494 g/mol. The van der Waals surface area contributed by atoms with E-state index < -0.39 is 0 Å². The number of imidazole rings is 1. The molecule has 2 aromatic carbocycles. The number of hydrogen-bond acceptors (Lipinski definition) is 8. The Balaban J connectivity index is 1.52. The summed E-state index contributed by atoms with van der Waals surface area (Å²) in [6.07, 6.45) is 5.52. The van der Waals surface area contributed by atoms with Crippen LogP contribution in [0.4, 0.5) is 17.2 Å². The van der Waals surface area contributed by atoms with Gasteiger partial charge in [-0.3, -0.25) is 4.79 Å². The Labute approximate surface area is 228 Å². The van der Waals surface area contributed by atoms with Gasteiger partial charge in [-0.2, -0.15) is 0 Å². The Bertz CT molecular complexity index is 1410. The van der Waals surface area contributed by atoms with Crippen LogP contribution in [-0.4, -0.2) is 57.2 Å². The fourth-order valence-electron chi connectivity index (χ4n) is 5.20. The predicted octanol–water partition coefficient (Wildman–Crippen LogP) is 4.73. The number of carbonyl (C=O) groups excluding carboxylic acids is 1. The maximum absolute atomic E-state index is 14.3. The van der Waals surface area contributed by atoms with Crippen LogP contribution < -0.4 is 20.7 Å². The van der Waals surface area contributed by atoms with Gasteiger partial charge in [0.05, 0.1) is 31.1 Å². The van der Waals surface area contributed by atoms with Crippen LogP contribution in [0.3, 0.4) is 0 Å². The Morgan fingerprint density at radius 2 is 2.00 bits per heavy atom. The number of nitrogen functional groups attached to an aromatic ring is 1. The molecule has 1 saturated heterocycles. The molecule has 0 aliphatic carbocycles. The summed E-state index contributed by atoms with van der Waals surface area (Å²) in [5.74, 6) is 1.16. The van der Waals surface area contributed by atoms with Gasteiger partial charge in [-0.15, -0.1) is 0 Å². The molecule has 2 atom stereocenters. The summed E-state index contributed by atoms with van der Waals surface area (Å²) < 4.78 is 11.8. The number of benzene rings is 2. The summed E-state index contributed by atoms with van der Waals surface area (Å²) in [6.45, 7) is 7.39. The minimum absolute atomic E-state index is 0.0850. The Hall–Kier alpha value is -4.18. The maximum Gasteiger partial charge on any atom is 0.260 e. The molecule has 4 N–H and O–H groups in total. The van der Waals surface area contributed by atoms with Crippen LogP contribution in [0.5, 0.6) is 5.75 Å². The Kier molecular flexibility index (Phi) is 7.92. The fourth-order valence-corrected chi connectivity index (χ4v) is 5.20. The minimum Gasteiger partial charge on any atom is -0.490 e. The average Bonchev–Trinajstić information content (AvgIpc) is 3.42. The first-order valence-corrected chi connectivity index (χ1v) is 13.4. The van der Waals surface area contributed by atoms with E-state index in [0.29, 0.717) is 47.9 Å². The first-order chi connectivity index (χ1) is 19.0. The highest BCUT2D eigenvalue weighted by Gasteiger charge is 2.32. The maximum atomic E-state index is 14.3. The van der Waals surface area contributed by atoms with Crippen LogP contribution in [0.25, 0.3) is 11.2 Å². The standard InChI is InChI=1S/C29H35N7O3/c1-4-24(19(3)35-28-26-27(32-16-31-26)33-17-34-28)36(29(37)25-18(2)7-5-10-23(25)30)20-8-6-9-22(15-20)39-21-11-13-38-14-12-21/h5-10,15-17,19,21,24H,4,11-14,30H2,1-3H3,(H2,31,32,33,34,35). The van der Waals surface area contributed by atoms with E-state index in [1.165, 1.54) is 6.33 Å². The van der Waals surface area contributed by atoms with Gasteiger partial charge in [-0.05, 0) is 44.0 Å². The number of nitrogens with zero attached hydrogens (tertiary/aromatic N) is 4. The van der Waals surface area contributed by atoms with E-state index in [1.54, 1.807) is 12.4 Å². The zero-order valence-electron chi connectivity index (χ0n) is 22.6. The van der Waals surface area contributed by atoms with E-state index in [1.807, 2.05) is 55.1 Å². The smallest absolute Gasteiger partial charge is 0.260 e. The van der Waals surface area contributed by atoms with E-state index >= 15 is 0 Å². The number of fused-ring (bicyclic) bond motifs is 1. The molecule has 1 amide bonds. The quantitative estimate of drug-likeness (QED) is 0.265. The van der Waals surface area contributed by atoms with E-state index in [2.05, 4.69) is 32.2 Å². The van der Waals surface area contributed by atoms with Crippen molar-refractivity contribution in [3.05, 3.63) is 66.2 Å². The molecule has 0 spiro atoms. The van der Waals surface area contributed by atoms with Crippen molar-refractivity contribution in [3.63, 3.8) is 0 Å². The van der Waals surface area contributed by atoms with Gasteiger partial charge in [0, 0.05) is 36.3 Å². The van der Waals surface area contributed by atoms with Crippen LogP contribution >= 0.6 is 0 Å². The number of nitrogens with two attached hydrogens (primary N) is 1. The molecule has 204 valence electrons. The van der Waals surface area contributed by atoms with Crippen LogP contribution in [0.15, 0.2) is 55.1 Å². The SMILES string of the molecule is CCC(C(C)Nc1ncnc2[nH]cnc12)N(C(=O)c1c(C)cccc1N)c1cccc(OC2CCOCC2)c1. The van der Waals surface area contributed by atoms with E-state index in [9.17, 15) is 4.79 Å². The highest BCUT2D eigenvalue weighted by Crippen LogP contribution is 2.31. The third-order valence-electron chi connectivity index (χ3n) is 7.21. The third-order valence-corrected chi connectivity index (χ3v) is 7.21. The number of ether oxygens (including phenoxy) is 2. The molecule has 1 fully saturated rings. The van der Waals surface area contributed by atoms with Crippen molar-refractivity contribution < 1.29 is 14.3 Å². The van der Waals surface area contributed by atoms with Crippen LogP contribution in [0.2, 0.25) is 0 Å². The molecule has 0 saturated carbocycles. The number of carbonyl (C=O) groups is 1. The second-order valence-corrected chi connectivity index (χ2v) is 9.87. The Morgan fingerprint density at radius 3 is 2.77 bits per heavy atom. The molecule has 4 aromatic rings. The molecule has 10 nitrogen and oxygen atoms in total. The molecule has 10 heteroatoms. The number of aromatic amines is 1. The van der Waals surface area contributed by atoms with Gasteiger partial charge >= 0.3 is 0 Å². The van der Waals surface area contributed by atoms with Gasteiger partial charge in [0.2, 0.25) is 0 Å². The average molecular weight is 530 g/mol. The number of aromatic nitrogens is 4. The fraction of sp³-hybridized carbons (Fsp3) is 0.379. The first kappa shape index (κ1) is 26.4. The van der Waals surface area contributed by atoms with E-state index in [4.69, 9.17) is 15.2 Å². The lowest BCUT2D eigenvalue weighted by Gasteiger charge is -2.36. The van der Waals surface area contributed by atoms with Crippen LogP contribution in [-0.2, 0) is 4.74 Å². The van der Waals surface area contributed by atoms with Crippen molar-refractivity contribution in [2.75, 3.05) is 29.2 Å². The predicted molar refractivity (Wildman–Crippen MR) is 152 cm³/mol. The summed E-state index contributed by atoms with van der Waals surface area (Å²) >= 11 is 0. The number of amides is 1. The molecule has 3 heterocycles. The van der Waals surface area contributed by atoms with Crippen molar-refractivity contribution in [1.29, 1.82) is 0 Å². The summed E-state index contributed by atoms with van der Waals surface area (Å²) in [4.78, 5) is 32.2. The number of rotatable bonds is 9. The minimum atomic E-state index is -0.251. The first-order valence-electron chi connectivity index (χ1n) is 13.4. The molecule has 0 radical (unpaired) electrons. The molecule has 5 rings (SSSR count). The van der Waals surface area contributed by atoms with Crippen LogP contribution in [0.1, 0.15) is 49.0 Å². The lowest BCUT2D eigenvalue weighted by molar-refractivity contribution is 0.0256. The zero-order valence-corrected chi connectivity index (χ0v) is 22.6. The number of aryl methyl sites for hydroxylation is 1. The highest BCUT2D eigenvalue weighted by atomic mass is 16.5. The number of H-pyrrole nitrogens is 1. The van der Waals surface area contributed by atoms with Crippen molar-refractivity contribution in [2.45, 2.75) is 58.2 Å². The zero-order chi connectivity index (χ0) is 27.4. The molecule has 39 heavy (non-hydrogen) atoms. The van der Waals surface area contributed by atoms with Crippen molar-refractivity contribution in [3.8, 4) is 5.75 Å². The largest absolute Gasteiger partial charge is 0.490 e. The van der Waals surface area contributed by atoms with Gasteiger partial charge in [0.1, 0.15) is 23.7 Å². The van der Waals surface area contributed by atoms with Crippen LogP contribution in [0, 0.1) is 6.92 Å². The number of hydrogen-bond donors (Lipinski definition) is 3. The second kappa shape index (κ2) is 11.7. The summed E-state index contributed by atoms with van der Waals surface area (Å²) in [7, 11) is 0. The van der Waals surface area contributed by atoms with E-state index in [0.717, 1.165) is 29.8 Å².